The number of halogens is 1. The zero-order chi connectivity index (χ0) is 35.5. The Balaban J connectivity index is 1.13. The maximum absolute atomic E-state index is 13.6. The van der Waals surface area contributed by atoms with Crippen LogP contribution in [0.2, 0.25) is 5.02 Å². The molecule has 0 radical (unpaired) electrons. The van der Waals surface area contributed by atoms with E-state index < -0.39 is 21.2 Å². The normalized spacial score (nSPS) is 36.0. The Morgan fingerprint density at radius 1 is 0.961 bits per heavy atom. The van der Waals surface area contributed by atoms with Gasteiger partial charge in [-0.15, -0.1) is 0 Å². The van der Waals surface area contributed by atoms with Crippen LogP contribution in [0.1, 0.15) is 80.3 Å². The maximum atomic E-state index is 13.6. The molecule has 2 bridgehead atoms. The fourth-order valence-corrected chi connectivity index (χ4v) is 11.2. The van der Waals surface area contributed by atoms with E-state index in [1.54, 1.807) is 13.0 Å². The SMILES string of the molecule is C[C@@H]1[C@@H](C)CCC[C@H]([C@H]2OC[C@H](N3CC(O)C3)CO2)[C@@H]2CC[C@H]2CN2C[C@@]3(CCCc4cc(Cl)ccc43)COc3ccc(cc32)C(=O)NS1(=O)=O. The van der Waals surface area contributed by atoms with Crippen molar-refractivity contribution in [2.45, 2.75) is 94.3 Å². The van der Waals surface area contributed by atoms with Gasteiger partial charge in [0.25, 0.3) is 5.91 Å². The Morgan fingerprint density at radius 3 is 2.51 bits per heavy atom. The Labute approximate surface area is 307 Å². The number of hydrogen-bond acceptors (Lipinski definition) is 9. The number of β-amino-alcohol motifs (C(OH)–C–C–N with tert-alkyl or cyclic N) is 1. The highest BCUT2D eigenvalue weighted by Crippen LogP contribution is 2.49. The smallest absolute Gasteiger partial charge is 0.264 e. The van der Waals surface area contributed by atoms with E-state index in [2.05, 4.69) is 26.7 Å². The predicted octanol–water partition coefficient (Wildman–Crippen LogP) is 5.14. The minimum absolute atomic E-state index is 0.142. The van der Waals surface area contributed by atoms with Crippen molar-refractivity contribution in [1.82, 2.24) is 9.62 Å². The Hall–Kier alpha value is -2.41. The van der Waals surface area contributed by atoms with Gasteiger partial charge < -0.3 is 24.2 Å². The molecule has 2 aliphatic carbocycles. The van der Waals surface area contributed by atoms with E-state index >= 15 is 0 Å². The Morgan fingerprint density at radius 2 is 1.76 bits per heavy atom. The number of aliphatic hydroxyl groups is 1. The molecule has 10 nitrogen and oxygen atoms in total. The highest BCUT2D eigenvalue weighted by Gasteiger charge is 2.47. The first-order valence-corrected chi connectivity index (χ1v) is 20.9. The van der Waals surface area contributed by atoms with Crippen LogP contribution in [-0.2, 0) is 31.3 Å². The number of carbonyl (C=O) groups is 1. The molecule has 8 rings (SSSR count). The highest BCUT2D eigenvalue weighted by molar-refractivity contribution is 7.90. The van der Waals surface area contributed by atoms with Crippen molar-refractivity contribution in [3.05, 3.63) is 58.1 Å². The van der Waals surface area contributed by atoms with Gasteiger partial charge in [0.05, 0.1) is 42.9 Å². The topological polar surface area (TPSA) is 118 Å². The van der Waals surface area contributed by atoms with Crippen molar-refractivity contribution in [3.8, 4) is 5.75 Å². The third-order valence-electron chi connectivity index (χ3n) is 13.2. The lowest BCUT2D eigenvalue weighted by Gasteiger charge is -2.50. The van der Waals surface area contributed by atoms with E-state index in [4.69, 9.17) is 25.8 Å². The first-order chi connectivity index (χ1) is 24.5. The summed E-state index contributed by atoms with van der Waals surface area (Å²) in [5, 5.41) is 9.86. The largest absolute Gasteiger partial charge is 0.490 e. The first kappa shape index (κ1) is 35.6. The summed E-state index contributed by atoms with van der Waals surface area (Å²) in [4.78, 5) is 18.2. The molecule has 3 fully saturated rings. The van der Waals surface area contributed by atoms with Crippen LogP contribution in [0, 0.1) is 23.7 Å². The molecule has 4 aliphatic heterocycles. The molecule has 6 atom stereocenters. The Kier molecular flexibility index (Phi) is 9.85. The Bertz CT molecular complexity index is 1730. The number of hydrogen-bond donors (Lipinski definition) is 2. The summed E-state index contributed by atoms with van der Waals surface area (Å²) >= 11 is 6.48. The van der Waals surface area contributed by atoms with E-state index in [0.717, 1.165) is 75.2 Å². The number of likely N-dealkylation sites (tertiary alicyclic amines) is 1. The lowest BCUT2D eigenvalue weighted by Crippen LogP contribution is -2.60. The summed E-state index contributed by atoms with van der Waals surface area (Å²) in [6.45, 7) is 8.18. The second kappa shape index (κ2) is 14.1. The number of benzene rings is 2. The minimum Gasteiger partial charge on any atom is -0.490 e. The molecule has 12 heteroatoms. The van der Waals surface area contributed by atoms with Crippen LogP contribution >= 0.6 is 11.6 Å². The van der Waals surface area contributed by atoms with E-state index in [1.165, 1.54) is 11.1 Å². The molecule has 51 heavy (non-hydrogen) atoms. The van der Waals surface area contributed by atoms with Crippen molar-refractivity contribution < 1.29 is 32.5 Å². The molecule has 2 N–H and O–H groups in total. The van der Waals surface area contributed by atoms with Gasteiger partial charge in [-0.1, -0.05) is 31.0 Å². The molecule has 1 saturated carbocycles. The van der Waals surface area contributed by atoms with Gasteiger partial charge in [-0.05, 0) is 111 Å². The van der Waals surface area contributed by atoms with Gasteiger partial charge in [0.1, 0.15) is 5.75 Å². The molecule has 2 aromatic carbocycles. The van der Waals surface area contributed by atoms with Crippen LogP contribution in [0.25, 0.3) is 0 Å². The van der Waals surface area contributed by atoms with Crippen molar-refractivity contribution >= 4 is 33.2 Å². The predicted molar refractivity (Wildman–Crippen MR) is 196 cm³/mol. The second-order valence-corrected chi connectivity index (χ2v) is 18.8. The lowest BCUT2D eigenvalue weighted by molar-refractivity contribution is -0.250. The van der Waals surface area contributed by atoms with Crippen LogP contribution in [0.5, 0.6) is 5.75 Å². The van der Waals surface area contributed by atoms with Crippen LogP contribution in [0.3, 0.4) is 0 Å². The van der Waals surface area contributed by atoms with E-state index in [0.29, 0.717) is 56.1 Å². The van der Waals surface area contributed by atoms with E-state index in [1.807, 2.05) is 25.1 Å². The lowest BCUT2D eigenvalue weighted by atomic mass is 9.64. The third kappa shape index (κ3) is 6.92. The van der Waals surface area contributed by atoms with Crippen LogP contribution in [0.4, 0.5) is 5.69 Å². The molecule has 0 unspecified atom stereocenters. The number of carbonyl (C=O) groups excluding carboxylic acids is 1. The van der Waals surface area contributed by atoms with Crippen molar-refractivity contribution in [1.29, 1.82) is 0 Å². The molecule has 1 amide bonds. The van der Waals surface area contributed by atoms with Crippen LogP contribution in [-0.4, -0.2) is 94.0 Å². The summed E-state index contributed by atoms with van der Waals surface area (Å²) in [6, 6.07) is 11.8. The van der Waals surface area contributed by atoms with Gasteiger partial charge in [0.2, 0.25) is 10.0 Å². The number of aryl methyl sites for hydroxylation is 1. The summed E-state index contributed by atoms with van der Waals surface area (Å²) in [5.74, 6) is 0.914. The number of amides is 1. The number of aliphatic hydroxyl groups excluding tert-OH is 1. The molecular weight excluding hydrogens is 690 g/mol. The van der Waals surface area contributed by atoms with E-state index in [9.17, 15) is 18.3 Å². The first-order valence-electron chi connectivity index (χ1n) is 19.0. The second-order valence-electron chi connectivity index (χ2n) is 16.3. The summed E-state index contributed by atoms with van der Waals surface area (Å²) in [7, 11) is -3.92. The summed E-state index contributed by atoms with van der Waals surface area (Å²) in [5.41, 5.74) is 3.43. The molecule has 6 aliphatic rings. The zero-order valence-electron chi connectivity index (χ0n) is 29.8. The number of nitrogens with one attached hydrogen (secondary N) is 1. The number of nitrogens with zero attached hydrogens (tertiary/aromatic N) is 2. The van der Waals surface area contributed by atoms with Gasteiger partial charge >= 0.3 is 0 Å². The molecule has 4 heterocycles. The fourth-order valence-electron chi connectivity index (χ4n) is 9.72. The van der Waals surface area contributed by atoms with Crippen LogP contribution in [0.15, 0.2) is 36.4 Å². The zero-order valence-corrected chi connectivity index (χ0v) is 31.3. The number of rotatable bonds is 2. The number of sulfonamides is 1. The third-order valence-corrected chi connectivity index (χ3v) is 15.3. The monoisotopic (exact) mass is 741 g/mol. The van der Waals surface area contributed by atoms with Gasteiger partial charge in [-0.2, -0.15) is 0 Å². The van der Waals surface area contributed by atoms with Crippen LogP contribution < -0.4 is 14.4 Å². The molecule has 2 aromatic rings. The molecule has 1 spiro atoms. The van der Waals surface area contributed by atoms with Crippen molar-refractivity contribution in [2.75, 3.05) is 50.9 Å². The molecular formula is C39H52ClN3O7S. The number of fused-ring (bicyclic) bond motifs is 4. The number of ether oxygens (including phenoxy) is 3. The quantitative estimate of drug-likeness (QED) is 0.432. The molecule has 278 valence electrons. The molecule has 2 saturated heterocycles. The standard InChI is InChI=1S/C39H52ClN3O7S/c1-24-5-3-7-33(38-48-20-30(21-49-38)42-18-31(44)19-42)32-11-8-28(32)17-43-22-39(14-4-6-26-15-29(40)10-12-34(26)39)23-50-36-13-9-27(16-35(36)43)37(45)41-51(46,47)25(24)2/h9-10,12-13,15-16,24-25,28,30-33,38,44H,3-8,11,14,17-23H2,1-2H3,(H,41,45)/t24-,25+,28-,30-,32+,33-,38-,39-/m0/s1. The van der Waals surface area contributed by atoms with Gasteiger partial charge in [-0.25, -0.2) is 13.1 Å². The number of anilines is 1. The summed E-state index contributed by atoms with van der Waals surface area (Å²) in [6.07, 6.45) is 7.04. The summed E-state index contributed by atoms with van der Waals surface area (Å²) < 4.78 is 49.1. The minimum atomic E-state index is -3.92. The fraction of sp³-hybridized carbons (Fsp3) is 0.667. The van der Waals surface area contributed by atoms with Gasteiger partial charge in [-0.3, -0.25) is 9.69 Å². The van der Waals surface area contributed by atoms with Gasteiger partial charge in [0, 0.05) is 48.1 Å². The highest BCUT2D eigenvalue weighted by atomic mass is 35.5. The maximum Gasteiger partial charge on any atom is 0.264 e. The van der Waals surface area contributed by atoms with Gasteiger partial charge in [0.15, 0.2) is 6.29 Å². The molecule has 0 aromatic heterocycles. The average Bonchev–Trinajstić information content (AvgIpc) is 3.24. The average molecular weight is 742 g/mol. The van der Waals surface area contributed by atoms with E-state index in [-0.39, 0.29) is 35.7 Å². The van der Waals surface area contributed by atoms with Crippen molar-refractivity contribution in [3.63, 3.8) is 0 Å². The van der Waals surface area contributed by atoms with Crippen molar-refractivity contribution in [2.24, 2.45) is 23.7 Å².